The fraction of sp³-hybridized carbons (Fsp3) is 0.467. The third-order valence-corrected chi connectivity index (χ3v) is 3.42. The van der Waals surface area contributed by atoms with E-state index in [1.54, 1.807) is 11.8 Å². The van der Waals surface area contributed by atoms with Gasteiger partial charge in [-0.2, -0.15) is 0 Å². The van der Waals surface area contributed by atoms with E-state index < -0.39 is 0 Å². The summed E-state index contributed by atoms with van der Waals surface area (Å²) in [7, 11) is 0. The second-order valence-electron chi connectivity index (χ2n) is 4.85. The lowest BCUT2D eigenvalue weighted by Crippen LogP contribution is -2.42. The number of halogens is 1. The zero-order chi connectivity index (χ0) is 14.5. The molecule has 0 aliphatic carbocycles. The van der Waals surface area contributed by atoms with Crippen molar-refractivity contribution in [3.05, 3.63) is 35.6 Å². The molecule has 0 radical (unpaired) electrons. The van der Waals surface area contributed by atoms with E-state index in [0.717, 1.165) is 12.8 Å². The molecule has 1 fully saturated rings. The van der Waals surface area contributed by atoms with Gasteiger partial charge in [-0.05, 0) is 44.0 Å². The third kappa shape index (κ3) is 3.35. The van der Waals surface area contributed by atoms with Crippen LogP contribution in [0.25, 0.3) is 0 Å². The van der Waals surface area contributed by atoms with Gasteiger partial charge in [0.25, 0.3) is 5.91 Å². The normalized spacial score (nSPS) is 18.7. The molecule has 1 heterocycles. The first-order valence-corrected chi connectivity index (χ1v) is 6.83. The Morgan fingerprint density at radius 3 is 2.70 bits per heavy atom. The smallest absolute Gasteiger partial charge is 0.310 e. The molecule has 0 N–H and O–H groups in total. The summed E-state index contributed by atoms with van der Waals surface area (Å²) in [6.45, 7) is 3.10. The van der Waals surface area contributed by atoms with Crippen LogP contribution >= 0.6 is 0 Å². The lowest BCUT2D eigenvalue weighted by atomic mass is 9.97. The van der Waals surface area contributed by atoms with Gasteiger partial charge in [-0.15, -0.1) is 0 Å². The first kappa shape index (κ1) is 14.5. The van der Waals surface area contributed by atoms with Crippen LogP contribution in [-0.4, -0.2) is 36.5 Å². The Bertz CT molecular complexity index is 486. The highest BCUT2D eigenvalue weighted by molar-refractivity contribution is 5.94. The van der Waals surface area contributed by atoms with Gasteiger partial charge < -0.3 is 9.64 Å². The van der Waals surface area contributed by atoms with Crippen LogP contribution < -0.4 is 0 Å². The number of ether oxygens (including phenoxy) is 1. The highest BCUT2D eigenvalue weighted by atomic mass is 19.1. The molecule has 0 unspecified atom stereocenters. The van der Waals surface area contributed by atoms with Crippen LogP contribution in [-0.2, 0) is 9.53 Å². The second kappa shape index (κ2) is 6.50. The highest BCUT2D eigenvalue weighted by Gasteiger charge is 2.29. The summed E-state index contributed by atoms with van der Waals surface area (Å²) < 4.78 is 17.9. The maximum atomic E-state index is 12.9. The van der Waals surface area contributed by atoms with Crippen LogP contribution in [0.15, 0.2) is 24.3 Å². The van der Waals surface area contributed by atoms with Gasteiger partial charge in [-0.1, -0.05) is 0 Å². The van der Waals surface area contributed by atoms with E-state index in [1.807, 2.05) is 0 Å². The number of carbonyl (C=O) groups excluding carboxylic acids is 2. The van der Waals surface area contributed by atoms with Gasteiger partial charge in [0.2, 0.25) is 0 Å². The molecular weight excluding hydrogens is 261 g/mol. The van der Waals surface area contributed by atoms with Crippen LogP contribution in [0.2, 0.25) is 0 Å². The average Bonchev–Trinajstić information content (AvgIpc) is 2.48. The van der Waals surface area contributed by atoms with E-state index in [1.165, 1.54) is 24.3 Å². The van der Waals surface area contributed by atoms with Crippen LogP contribution in [0.5, 0.6) is 0 Å². The van der Waals surface area contributed by atoms with Gasteiger partial charge in [0, 0.05) is 18.7 Å². The molecule has 4 nitrogen and oxygen atoms in total. The molecule has 108 valence electrons. The Balaban J connectivity index is 2.03. The summed E-state index contributed by atoms with van der Waals surface area (Å²) in [5, 5.41) is 0. The molecule has 0 aromatic heterocycles. The lowest BCUT2D eigenvalue weighted by Gasteiger charge is -2.31. The van der Waals surface area contributed by atoms with Crippen molar-refractivity contribution < 1.29 is 18.7 Å². The highest BCUT2D eigenvalue weighted by Crippen LogP contribution is 2.20. The fourth-order valence-corrected chi connectivity index (χ4v) is 2.39. The molecule has 5 heteroatoms. The molecule has 1 amide bonds. The summed E-state index contributed by atoms with van der Waals surface area (Å²) in [6.07, 6.45) is 1.52. The number of carbonyl (C=O) groups is 2. The summed E-state index contributed by atoms with van der Waals surface area (Å²) >= 11 is 0. The minimum absolute atomic E-state index is 0.168. The second-order valence-corrected chi connectivity index (χ2v) is 4.85. The first-order chi connectivity index (χ1) is 9.61. The maximum Gasteiger partial charge on any atom is 0.310 e. The minimum atomic E-state index is -0.371. The molecule has 1 saturated heterocycles. The van der Waals surface area contributed by atoms with E-state index in [2.05, 4.69) is 0 Å². The number of hydrogen-bond donors (Lipinski definition) is 0. The molecule has 0 saturated carbocycles. The van der Waals surface area contributed by atoms with E-state index >= 15 is 0 Å². The van der Waals surface area contributed by atoms with Crippen molar-refractivity contribution in [3.63, 3.8) is 0 Å². The largest absolute Gasteiger partial charge is 0.466 e. The third-order valence-electron chi connectivity index (χ3n) is 3.42. The number of rotatable bonds is 3. The number of esters is 1. The Kier molecular flexibility index (Phi) is 4.71. The number of piperidine rings is 1. The SMILES string of the molecule is CCOC(=O)[C@H]1CCCN(C(=O)c2ccc(F)cc2)C1. The lowest BCUT2D eigenvalue weighted by molar-refractivity contribution is -0.149. The quantitative estimate of drug-likeness (QED) is 0.797. The fourth-order valence-electron chi connectivity index (χ4n) is 2.39. The average molecular weight is 279 g/mol. The van der Waals surface area contributed by atoms with E-state index in [-0.39, 0.29) is 23.6 Å². The van der Waals surface area contributed by atoms with Crippen LogP contribution in [0, 0.1) is 11.7 Å². The topological polar surface area (TPSA) is 46.6 Å². The zero-order valence-electron chi connectivity index (χ0n) is 11.5. The minimum Gasteiger partial charge on any atom is -0.466 e. The molecule has 1 aliphatic heterocycles. The van der Waals surface area contributed by atoms with Crippen molar-refractivity contribution in [1.29, 1.82) is 0 Å². The molecule has 20 heavy (non-hydrogen) atoms. The molecule has 1 aromatic carbocycles. The van der Waals surface area contributed by atoms with E-state index in [4.69, 9.17) is 4.74 Å². The number of benzene rings is 1. The van der Waals surface area contributed by atoms with Crippen molar-refractivity contribution in [3.8, 4) is 0 Å². The van der Waals surface area contributed by atoms with Gasteiger partial charge in [0.1, 0.15) is 5.82 Å². The van der Waals surface area contributed by atoms with E-state index in [0.29, 0.717) is 25.3 Å². The predicted molar refractivity (Wildman–Crippen MR) is 71.7 cm³/mol. The van der Waals surface area contributed by atoms with Crippen molar-refractivity contribution in [2.75, 3.05) is 19.7 Å². The molecule has 0 spiro atoms. The summed E-state index contributed by atoms with van der Waals surface area (Å²) in [5.74, 6) is -1.04. The van der Waals surface area contributed by atoms with Gasteiger partial charge in [-0.3, -0.25) is 9.59 Å². The monoisotopic (exact) mass is 279 g/mol. The Labute approximate surface area is 117 Å². The van der Waals surface area contributed by atoms with E-state index in [9.17, 15) is 14.0 Å². The van der Waals surface area contributed by atoms with Gasteiger partial charge >= 0.3 is 5.97 Å². The van der Waals surface area contributed by atoms with Gasteiger partial charge in [0.05, 0.1) is 12.5 Å². The first-order valence-electron chi connectivity index (χ1n) is 6.83. The van der Waals surface area contributed by atoms with Crippen molar-refractivity contribution in [2.45, 2.75) is 19.8 Å². The molecule has 0 bridgehead atoms. The Morgan fingerprint density at radius 2 is 2.05 bits per heavy atom. The standard InChI is InChI=1S/C15H18FNO3/c1-2-20-15(19)12-4-3-9-17(10-12)14(18)11-5-7-13(16)8-6-11/h5-8,12H,2-4,9-10H2,1H3/t12-/m0/s1. The number of amides is 1. The van der Waals surface area contributed by atoms with Crippen molar-refractivity contribution >= 4 is 11.9 Å². The molecule has 1 aliphatic rings. The summed E-state index contributed by atoms with van der Waals surface area (Å²) in [4.78, 5) is 25.7. The zero-order valence-corrected chi connectivity index (χ0v) is 11.5. The predicted octanol–water partition coefficient (Wildman–Crippen LogP) is 2.24. The number of nitrogens with zero attached hydrogens (tertiary/aromatic N) is 1. The van der Waals surface area contributed by atoms with Crippen LogP contribution in [0.4, 0.5) is 4.39 Å². The Morgan fingerprint density at radius 1 is 1.35 bits per heavy atom. The number of hydrogen-bond acceptors (Lipinski definition) is 3. The van der Waals surface area contributed by atoms with Crippen LogP contribution in [0.1, 0.15) is 30.1 Å². The van der Waals surface area contributed by atoms with Crippen molar-refractivity contribution in [2.24, 2.45) is 5.92 Å². The van der Waals surface area contributed by atoms with Gasteiger partial charge in [-0.25, -0.2) is 4.39 Å². The van der Waals surface area contributed by atoms with Crippen molar-refractivity contribution in [1.82, 2.24) is 4.90 Å². The molecule has 2 rings (SSSR count). The summed E-state index contributed by atoms with van der Waals surface area (Å²) in [6, 6.07) is 5.46. The number of likely N-dealkylation sites (tertiary alicyclic amines) is 1. The van der Waals surface area contributed by atoms with Gasteiger partial charge in [0.15, 0.2) is 0 Å². The maximum absolute atomic E-state index is 12.9. The molecule has 1 aromatic rings. The molecule has 1 atom stereocenters. The molecular formula is C15H18FNO3. The Hall–Kier alpha value is -1.91. The summed E-state index contributed by atoms with van der Waals surface area (Å²) in [5.41, 5.74) is 0.441. The van der Waals surface area contributed by atoms with Crippen LogP contribution in [0.3, 0.4) is 0 Å².